The molecule has 0 aliphatic carbocycles. The van der Waals surface area contributed by atoms with Gasteiger partial charge in [0, 0.05) is 19.5 Å². The van der Waals surface area contributed by atoms with Crippen molar-refractivity contribution in [2.24, 2.45) is 5.92 Å². The summed E-state index contributed by atoms with van der Waals surface area (Å²) in [5.41, 5.74) is 2.13. The highest BCUT2D eigenvalue weighted by Crippen LogP contribution is 2.29. The van der Waals surface area contributed by atoms with Gasteiger partial charge in [-0.05, 0) is 47.4 Å². The van der Waals surface area contributed by atoms with Gasteiger partial charge in [0.25, 0.3) is 0 Å². The number of fused-ring (bicyclic) bond motifs is 1. The van der Waals surface area contributed by atoms with E-state index in [2.05, 4.69) is 23.5 Å². The lowest BCUT2D eigenvalue weighted by atomic mass is 9.99. The van der Waals surface area contributed by atoms with Crippen molar-refractivity contribution in [1.82, 2.24) is 10.2 Å². The van der Waals surface area contributed by atoms with E-state index in [1.807, 2.05) is 49.4 Å². The summed E-state index contributed by atoms with van der Waals surface area (Å²) in [5.74, 6) is 0.962. The van der Waals surface area contributed by atoms with Crippen molar-refractivity contribution < 1.29 is 19.1 Å². The number of amides is 2. The van der Waals surface area contributed by atoms with Crippen molar-refractivity contribution in [1.29, 1.82) is 0 Å². The number of hydrogen-bond acceptors (Lipinski definition) is 4. The monoisotopic (exact) mass is 446 g/mol. The largest absolute Gasteiger partial charge is 0.493 e. The summed E-state index contributed by atoms with van der Waals surface area (Å²) in [7, 11) is 3.21. The van der Waals surface area contributed by atoms with Gasteiger partial charge in [0.1, 0.15) is 0 Å². The summed E-state index contributed by atoms with van der Waals surface area (Å²) in [4.78, 5) is 27.3. The molecule has 0 saturated carbocycles. The minimum atomic E-state index is -0.333. The number of methoxy groups -OCH3 is 2. The second-order valence-electron chi connectivity index (χ2n) is 8.48. The first kappa shape index (κ1) is 22.6. The van der Waals surface area contributed by atoms with E-state index in [0.29, 0.717) is 31.0 Å². The summed E-state index contributed by atoms with van der Waals surface area (Å²) < 4.78 is 10.6. The molecule has 1 aliphatic rings. The molecule has 2 amide bonds. The highest BCUT2D eigenvalue weighted by molar-refractivity contribution is 5.90. The molecule has 172 valence electrons. The summed E-state index contributed by atoms with van der Waals surface area (Å²) in [6, 6.07) is 19.9. The van der Waals surface area contributed by atoms with E-state index in [9.17, 15) is 9.59 Å². The number of hydrogen-bond donors (Lipinski definition) is 1. The van der Waals surface area contributed by atoms with E-state index >= 15 is 0 Å². The van der Waals surface area contributed by atoms with Crippen molar-refractivity contribution in [3.8, 4) is 11.5 Å². The highest BCUT2D eigenvalue weighted by atomic mass is 16.5. The van der Waals surface area contributed by atoms with Gasteiger partial charge < -0.3 is 19.7 Å². The van der Waals surface area contributed by atoms with Crippen molar-refractivity contribution in [3.05, 3.63) is 71.8 Å². The molecule has 1 aliphatic heterocycles. The van der Waals surface area contributed by atoms with Gasteiger partial charge in [-0.25, -0.2) is 0 Å². The molecule has 1 fully saturated rings. The lowest BCUT2D eigenvalue weighted by Gasteiger charge is -2.20. The average molecular weight is 447 g/mol. The number of carbonyl (C=O) groups is 2. The average Bonchev–Trinajstić information content (AvgIpc) is 3.22. The van der Waals surface area contributed by atoms with E-state index in [0.717, 1.165) is 21.9 Å². The van der Waals surface area contributed by atoms with Gasteiger partial charge in [-0.15, -0.1) is 0 Å². The Morgan fingerprint density at radius 2 is 1.82 bits per heavy atom. The standard InChI is InChI=1S/C27H30N2O4/c1-18(22-10-6-8-20-7-4-5-9-23(20)22)28-27(31)21-16-26(30)29(17-21)14-13-19-11-12-24(32-2)25(15-19)33-3/h4-12,15,18,21H,13-14,16-17H2,1-3H3,(H,28,31). The number of rotatable bonds is 8. The zero-order valence-electron chi connectivity index (χ0n) is 19.3. The fourth-order valence-electron chi connectivity index (χ4n) is 4.50. The molecule has 1 saturated heterocycles. The van der Waals surface area contributed by atoms with Crippen LogP contribution in [0, 0.1) is 5.92 Å². The molecule has 0 bridgehead atoms. The third-order valence-corrected chi connectivity index (χ3v) is 6.35. The Kier molecular flexibility index (Phi) is 6.82. The van der Waals surface area contributed by atoms with Crippen molar-refractivity contribution in [3.63, 3.8) is 0 Å². The van der Waals surface area contributed by atoms with Crippen LogP contribution in [0.25, 0.3) is 10.8 Å². The Bertz CT molecular complexity index is 1150. The van der Waals surface area contributed by atoms with Crippen LogP contribution >= 0.6 is 0 Å². The minimum absolute atomic E-state index is 0.0217. The fraction of sp³-hybridized carbons (Fsp3) is 0.333. The maximum atomic E-state index is 13.0. The fourth-order valence-corrected chi connectivity index (χ4v) is 4.50. The zero-order chi connectivity index (χ0) is 23.4. The van der Waals surface area contributed by atoms with E-state index in [-0.39, 0.29) is 30.2 Å². The molecular weight excluding hydrogens is 416 g/mol. The molecule has 4 rings (SSSR count). The molecule has 33 heavy (non-hydrogen) atoms. The summed E-state index contributed by atoms with van der Waals surface area (Å²) >= 11 is 0. The van der Waals surface area contributed by atoms with Crippen LogP contribution in [0.2, 0.25) is 0 Å². The first-order valence-electron chi connectivity index (χ1n) is 11.3. The Hall–Kier alpha value is -3.54. The van der Waals surface area contributed by atoms with Crippen molar-refractivity contribution >= 4 is 22.6 Å². The predicted molar refractivity (Wildman–Crippen MR) is 128 cm³/mol. The van der Waals surface area contributed by atoms with E-state index < -0.39 is 0 Å². The number of likely N-dealkylation sites (tertiary alicyclic amines) is 1. The third-order valence-electron chi connectivity index (χ3n) is 6.35. The number of benzene rings is 3. The molecular formula is C27H30N2O4. The van der Waals surface area contributed by atoms with Gasteiger partial charge in [0.15, 0.2) is 11.5 Å². The molecule has 3 aromatic rings. The van der Waals surface area contributed by atoms with E-state index in [1.165, 1.54) is 0 Å². The molecule has 1 N–H and O–H groups in total. The molecule has 6 heteroatoms. The lowest BCUT2D eigenvalue weighted by Crippen LogP contribution is -2.35. The summed E-state index contributed by atoms with van der Waals surface area (Å²) in [6.07, 6.45) is 0.937. The first-order chi connectivity index (χ1) is 16.0. The Labute approximate surface area is 194 Å². The second kappa shape index (κ2) is 9.94. The minimum Gasteiger partial charge on any atom is -0.493 e. The molecule has 2 atom stereocenters. The predicted octanol–water partition coefficient (Wildman–Crippen LogP) is 4.13. The normalized spacial score (nSPS) is 16.6. The summed E-state index contributed by atoms with van der Waals surface area (Å²) in [5, 5.41) is 5.40. The van der Waals surface area contributed by atoms with Crippen LogP contribution in [0.15, 0.2) is 60.7 Å². The lowest BCUT2D eigenvalue weighted by molar-refractivity contribution is -0.129. The quantitative estimate of drug-likeness (QED) is 0.565. The van der Waals surface area contributed by atoms with Gasteiger partial charge in [0.05, 0.1) is 26.2 Å². The third kappa shape index (κ3) is 4.95. The first-order valence-corrected chi connectivity index (χ1v) is 11.3. The molecule has 6 nitrogen and oxygen atoms in total. The maximum Gasteiger partial charge on any atom is 0.225 e. The van der Waals surface area contributed by atoms with Gasteiger partial charge in [0.2, 0.25) is 11.8 Å². The van der Waals surface area contributed by atoms with Crippen LogP contribution in [0.4, 0.5) is 0 Å². The van der Waals surface area contributed by atoms with Crippen LogP contribution in [-0.4, -0.2) is 44.0 Å². The number of carbonyl (C=O) groups excluding carboxylic acids is 2. The Balaban J connectivity index is 1.36. The van der Waals surface area contributed by atoms with Gasteiger partial charge >= 0.3 is 0 Å². The van der Waals surface area contributed by atoms with Crippen LogP contribution < -0.4 is 14.8 Å². The number of ether oxygens (including phenoxy) is 2. The molecule has 0 radical (unpaired) electrons. The van der Waals surface area contributed by atoms with Gasteiger partial charge in [-0.1, -0.05) is 48.5 Å². The molecule has 3 aromatic carbocycles. The SMILES string of the molecule is COc1ccc(CCN2CC(C(=O)NC(C)c3cccc4ccccc34)CC2=O)cc1OC. The highest BCUT2D eigenvalue weighted by Gasteiger charge is 2.34. The zero-order valence-corrected chi connectivity index (χ0v) is 19.3. The van der Waals surface area contributed by atoms with Crippen LogP contribution in [0.1, 0.15) is 30.5 Å². The van der Waals surface area contributed by atoms with E-state index in [1.54, 1.807) is 19.1 Å². The number of nitrogens with one attached hydrogen (secondary N) is 1. The van der Waals surface area contributed by atoms with Crippen LogP contribution in [-0.2, 0) is 16.0 Å². The second-order valence-corrected chi connectivity index (χ2v) is 8.48. The number of nitrogens with zero attached hydrogens (tertiary/aromatic N) is 1. The molecule has 1 heterocycles. The van der Waals surface area contributed by atoms with Gasteiger partial charge in [-0.2, -0.15) is 0 Å². The Morgan fingerprint density at radius 1 is 1.06 bits per heavy atom. The van der Waals surface area contributed by atoms with Crippen LogP contribution in [0.3, 0.4) is 0 Å². The van der Waals surface area contributed by atoms with E-state index in [4.69, 9.17) is 9.47 Å². The molecule has 0 aromatic heterocycles. The van der Waals surface area contributed by atoms with Crippen LogP contribution in [0.5, 0.6) is 11.5 Å². The topological polar surface area (TPSA) is 67.9 Å². The Morgan fingerprint density at radius 3 is 2.61 bits per heavy atom. The molecule has 2 unspecified atom stereocenters. The van der Waals surface area contributed by atoms with Crippen molar-refractivity contribution in [2.45, 2.75) is 25.8 Å². The van der Waals surface area contributed by atoms with Crippen molar-refractivity contribution in [2.75, 3.05) is 27.3 Å². The smallest absolute Gasteiger partial charge is 0.225 e. The molecule has 0 spiro atoms. The van der Waals surface area contributed by atoms with Gasteiger partial charge in [-0.3, -0.25) is 9.59 Å². The maximum absolute atomic E-state index is 13.0. The summed E-state index contributed by atoms with van der Waals surface area (Å²) in [6.45, 7) is 3.00.